The number of carbonyl (C=O) groups excluding carboxylic acids is 1. The molecule has 0 aromatic heterocycles. The number of urea groups is 1. The van der Waals surface area contributed by atoms with Crippen molar-refractivity contribution in [2.45, 2.75) is 6.04 Å². The molecule has 0 aliphatic heterocycles. The zero-order chi connectivity index (χ0) is 8.15. The van der Waals surface area contributed by atoms with Crippen molar-refractivity contribution >= 4 is 24.4 Å². The van der Waals surface area contributed by atoms with Crippen LogP contribution in [-0.4, -0.2) is 29.7 Å². The van der Waals surface area contributed by atoms with Gasteiger partial charge in [-0.3, -0.25) is 4.79 Å². The van der Waals surface area contributed by atoms with E-state index in [2.05, 4.69) is 11.1 Å². The van der Waals surface area contributed by atoms with Crippen LogP contribution in [0.3, 0.4) is 0 Å². The summed E-state index contributed by atoms with van der Waals surface area (Å²) in [6, 6.07) is -1.87. The molecule has 2 amide bonds. The smallest absolute Gasteiger partial charge is 0.322 e. The van der Waals surface area contributed by atoms with Gasteiger partial charge < -0.3 is 21.9 Å². The van der Waals surface area contributed by atoms with Gasteiger partial charge in [0.1, 0.15) is 6.04 Å². The first kappa shape index (κ1) is 12.6. The fourth-order valence-corrected chi connectivity index (χ4v) is 0.298. The van der Waals surface area contributed by atoms with Gasteiger partial charge in [0.15, 0.2) is 0 Å². The molecular weight excluding hydrogens is 174 g/mol. The van der Waals surface area contributed by atoms with Crippen LogP contribution in [0, 0.1) is 0 Å². The molecule has 0 aromatic carbocycles. The highest BCUT2D eigenvalue weighted by atomic mass is 35.5. The first-order chi connectivity index (χ1) is 4.54. The molecule has 6 N–H and O–H groups in total. The summed E-state index contributed by atoms with van der Waals surface area (Å²) in [5.41, 5.74) is 9.64. The highest BCUT2D eigenvalue weighted by Gasteiger charge is 2.10. The Hall–Kier alpha value is -1.01. The molecule has 0 rings (SSSR count). The number of nitrogens with two attached hydrogens (primary N) is 2. The third kappa shape index (κ3) is 6.88. The van der Waals surface area contributed by atoms with E-state index in [9.17, 15) is 9.59 Å². The van der Waals surface area contributed by atoms with E-state index in [1.54, 1.807) is 0 Å². The highest BCUT2D eigenvalue weighted by molar-refractivity contribution is 5.85. The minimum absolute atomic E-state index is 0. The summed E-state index contributed by atoms with van der Waals surface area (Å²) in [7, 11) is 0. The quantitative estimate of drug-likeness (QED) is 0.425. The Morgan fingerprint density at radius 3 is 2.27 bits per heavy atom. The number of rotatable bonds is 3. The molecule has 0 spiro atoms. The summed E-state index contributed by atoms with van der Waals surface area (Å²) in [6.45, 7) is -0.148. The minimum Gasteiger partial charge on any atom is -0.480 e. The van der Waals surface area contributed by atoms with Gasteiger partial charge in [-0.25, -0.2) is 4.79 Å². The number of primary amides is 1. The molecule has 0 bridgehead atoms. The van der Waals surface area contributed by atoms with E-state index < -0.39 is 18.0 Å². The number of amides is 2. The standard InChI is InChI=1S/C4H9N3O3.ClH/c5-2(3(8)9)1-7-4(6)10;/h2H,1,5H2,(H,8,9)(H3,6,7,10);1H/t2-;/m0./s1. The second kappa shape index (κ2) is 5.75. The van der Waals surface area contributed by atoms with Crippen molar-refractivity contribution in [2.75, 3.05) is 6.54 Å². The molecule has 0 radical (unpaired) electrons. The Morgan fingerprint density at radius 1 is 1.55 bits per heavy atom. The van der Waals surface area contributed by atoms with Gasteiger partial charge in [0.2, 0.25) is 0 Å². The van der Waals surface area contributed by atoms with Crippen LogP contribution in [0.4, 0.5) is 4.79 Å². The maximum absolute atomic E-state index is 9.99. The lowest BCUT2D eigenvalue weighted by Crippen LogP contribution is -2.44. The topological polar surface area (TPSA) is 118 Å². The first-order valence-corrected chi connectivity index (χ1v) is 2.55. The SMILES string of the molecule is Cl.NC(=O)NC[C@H](N)C(=O)O. The third-order valence-electron chi connectivity index (χ3n) is 0.813. The van der Waals surface area contributed by atoms with Crippen molar-refractivity contribution in [2.24, 2.45) is 11.5 Å². The molecule has 7 heteroatoms. The van der Waals surface area contributed by atoms with Crippen LogP contribution < -0.4 is 16.8 Å². The largest absolute Gasteiger partial charge is 0.480 e. The fourth-order valence-electron chi connectivity index (χ4n) is 0.298. The van der Waals surface area contributed by atoms with E-state index in [1.165, 1.54) is 0 Å². The predicted molar refractivity (Wildman–Crippen MR) is 40.4 cm³/mol. The van der Waals surface area contributed by atoms with Gasteiger partial charge in [0.25, 0.3) is 0 Å². The normalized spacial score (nSPS) is 11.0. The summed E-state index contributed by atoms with van der Waals surface area (Å²) >= 11 is 0. The molecule has 6 nitrogen and oxygen atoms in total. The van der Waals surface area contributed by atoms with Crippen molar-refractivity contribution in [1.29, 1.82) is 0 Å². The fraction of sp³-hybridized carbons (Fsp3) is 0.500. The van der Waals surface area contributed by atoms with Crippen LogP contribution in [0.2, 0.25) is 0 Å². The third-order valence-corrected chi connectivity index (χ3v) is 0.813. The van der Waals surface area contributed by atoms with Crippen LogP contribution >= 0.6 is 12.4 Å². The van der Waals surface area contributed by atoms with E-state index >= 15 is 0 Å². The molecular formula is C4H10ClN3O3. The van der Waals surface area contributed by atoms with E-state index in [-0.39, 0.29) is 19.0 Å². The summed E-state index contributed by atoms with van der Waals surface area (Å²) in [6.07, 6.45) is 0. The molecule has 0 saturated heterocycles. The van der Waals surface area contributed by atoms with Crippen molar-refractivity contribution in [3.63, 3.8) is 0 Å². The van der Waals surface area contributed by atoms with Crippen LogP contribution in [-0.2, 0) is 4.79 Å². The molecule has 0 aliphatic rings. The van der Waals surface area contributed by atoms with Crippen LogP contribution in [0.5, 0.6) is 0 Å². The second-order valence-electron chi connectivity index (χ2n) is 1.69. The van der Waals surface area contributed by atoms with Crippen LogP contribution in [0.15, 0.2) is 0 Å². The molecule has 66 valence electrons. The minimum atomic E-state index is -1.17. The van der Waals surface area contributed by atoms with Gasteiger partial charge >= 0.3 is 12.0 Å². The zero-order valence-corrected chi connectivity index (χ0v) is 6.43. The number of hydrogen-bond donors (Lipinski definition) is 4. The average molecular weight is 184 g/mol. The Morgan fingerprint density at radius 2 is 2.00 bits per heavy atom. The van der Waals surface area contributed by atoms with Crippen LogP contribution in [0.1, 0.15) is 0 Å². The number of carboxylic acids is 1. The average Bonchev–Trinajstić information content (AvgIpc) is 1.82. The molecule has 0 aromatic rings. The predicted octanol–water partition coefficient (Wildman–Crippen LogP) is -1.51. The Kier molecular flexibility index (Phi) is 6.61. The lowest BCUT2D eigenvalue weighted by atomic mass is 10.3. The van der Waals surface area contributed by atoms with E-state index in [0.717, 1.165) is 0 Å². The van der Waals surface area contributed by atoms with Gasteiger partial charge in [-0.15, -0.1) is 12.4 Å². The maximum atomic E-state index is 9.99. The lowest BCUT2D eigenvalue weighted by molar-refractivity contribution is -0.138. The van der Waals surface area contributed by atoms with Gasteiger partial charge in [-0.2, -0.15) is 0 Å². The first-order valence-electron chi connectivity index (χ1n) is 2.55. The number of hydrogen-bond acceptors (Lipinski definition) is 3. The van der Waals surface area contributed by atoms with Gasteiger partial charge in [0, 0.05) is 6.54 Å². The molecule has 0 fully saturated rings. The molecule has 1 atom stereocenters. The second-order valence-corrected chi connectivity index (χ2v) is 1.69. The maximum Gasteiger partial charge on any atom is 0.322 e. The molecule has 0 unspecified atom stereocenters. The van der Waals surface area contributed by atoms with E-state index in [1.807, 2.05) is 0 Å². The number of aliphatic carboxylic acids is 1. The summed E-state index contributed by atoms with van der Waals surface area (Å²) in [5.74, 6) is -1.17. The van der Waals surface area contributed by atoms with E-state index in [4.69, 9.17) is 10.8 Å². The lowest BCUT2D eigenvalue weighted by Gasteiger charge is -2.04. The number of halogens is 1. The molecule has 0 heterocycles. The van der Waals surface area contributed by atoms with Gasteiger partial charge in [-0.05, 0) is 0 Å². The monoisotopic (exact) mass is 183 g/mol. The van der Waals surface area contributed by atoms with Crippen molar-refractivity contribution in [1.82, 2.24) is 5.32 Å². The van der Waals surface area contributed by atoms with Crippen molar-refractivity contribution in [3.8, 4) is 0 Å². The number of carboxylic acid groups (broad SMARTS) is 1. The zero-order valence-electron chi connectivity index (χ0n) is 5.61. The summed E-state index contributed by atoms with van der Waals surface area (Å²) in [5, 5.41) is 10.2. The Labute approximate surface area is 69.3 Å². The summed E-state index contributed by atoms with van der Waals surface area (Å²) in [4.78, 5) is 20.0. The highest BCUT2D eigenvalue weighted by Crippen LogP contribution is 1.73. The molecule has 0 aliphatic carbocycles. The van der Waals surface area contributed by atoms with Crippen molar-refractivity contribution < 1.29 is 14.7 Å². The summed E-state index contributed by atoms with van der Waals surface area (Å²) < 4.78 is 0. The van der Waals surface area contributed by atoms with Crippen molar-refractivity contribution in [3.05, 3.63) is 0 Å². The van der Waals surface area contributed by atoms with Crippen LogP contribution in [0.25, 0.3) is 0 Å². The molecule has 0 saturated carbocycles. The Balaban J connectivity index is 0. The molecule has 11 heavy (non-hydrogen) atoms. The number of nitrogens with one attached hydrogen (secondary N) is 1. The van der Waals surface area contributed by atoms with Gasteiger partial charge in [0.05, 0.1) is 0 Å². The van der Waals surface area contributed by atoms with E-state index in [0.29, 0.717) is 0 Å². The Bertz CT molecular complexity index is 152. The number of carbonyl (C=O) groups is 2. The van der Waals surface area contributed by atoms with Gasteiger partial charge in [-0.1, -0.05) is 0 Å².